The lowest BCUT2D eigenvalue weighted by Gasteiger charge is -2.40. The van der Waals surface area contributed by atoms with Crippen molar-refractivity contribution < 1.29 is 4.74 Å². The van der Waals surface area contributed by atoms with Gasteiger partial charge in [-0.25, -0.2) is 0 Å². The molecule has 4 aliphatic rings. The summed E-state index contributed by atoms with van der Waals surface area (Å²) in [6, 6.07) is 87.5. The first-order chi connectivity index (χ1) is 32.2. The van der Waals surface area contributed by atoms with Crippen LogP contribution in [-0.4, -0.2) is 0 Å². The molecule has 2 aliphatic carbocycles. The van der Waals surface area contributed by atoms with Gasteiger partial charge < -0.3 is 9.64 Å². The highest BCUT2D eigenvalue weighted by Crippen LogP contribution is 2.66. The molecular weight excluding hydrogens is 807 g/mol. The van der Waals surface area contributed by atoms with Crippen LogP contribution in [0.3, 0.4) is 0 Å². The Labute approximate surface area is 383 Å². The number of benzene rings is 10. The third kappa shape index (κ3) is 4.91. The maximum Gasteiger partial charge on any atom is 0.132 e. The fraction of sp³-hybridized carbons (Fsp3) is 0.0323. The molecule has 14 rings (SSSR count). The molecule has 0 N–H and O–H groups in total. The van der Waals surface area contributed by atoms with E-state index < -0.39 is 10.8 Å². The number of ether oxygens (including phenoxy) is 1. The predicted octanol–water partition coefficient (Wildman–Crippen LogP) is 16.1. The molecule has 10 aromatic carbocycles. The molecule has 0 aromatic heterocycles. The van der Waals surface area contributed by atoms with Crippen molar-refractivity contribution in [2.75, 3.05) is 4.90 Å². The zero-order valence-electron chi connectivity index (χ0n) is 35.3. The van der Waals surface area contributed by atoms with Crippen LogP contribution in [0.5, 0.6) is 11.5 Å². The molecule has 0 amide bonds. The van der Waals surface area contributed by atoms with Gasteiger partial charge in [0.2, 0.25) is 0 Å². The molecule has 0 fully saturated rings. The monoisotopic (exact) mass is 845 g/mol. The smallest absolute Gasteiger partial charge is 0.132 e. The lowest BCUT2D eigenvalue weighted by atomic mass is 9.66. The molecule has 304 valence electrons. The summed E-state index contributed by atoms with van der Waals surface area (Å²) in [6.07, 6.45) is 0. The maximum atomic E-state index is 6.67. The number of hydrogen-bond acceptors (Lipinski definition) is 3. The normalized spacial score (nSPS) is 14.5. The molecule has 0 bridgehead atoms. The van der Waals surface area contributed by atoms with Gasteiger partial charge in [0.1, 0.15) is 11.5 Å². The van der Waals surface area contributed by atoms with Crippen molar-refractivity contribution in [3.05, 3.63) is 281 Å². The summed E-state index contributed by atoms with van der Waals surface area (Å²) in [5.74, 6) is 1.80. The van der Waals surface area contributed by atoms with Gasteiger partial charge in [0.25, 0.3) is 0 Å². The van der Waals surface area contributed by atoms with Gasteiger partial charge in [-0.2, -0.15) is 0 Å². The summed E-state index contributed by atoms with van der Waals surface area (Å²) in [6.45, 7) is 0. The van der Waals surface area contributed by atoms with Crippen molar-refractivity contribution in [2.24, 2.45) is 0 Å². The number of fused-ring (bicyclic) bond motifs is 18. The summed E-state index contributed by atoms with van der Waals surface area (Å²) in [7, 11) is 0. The second-order valence-corrected chi connectivity index (χ2v) is 18.5. The predicted molar refractivity (Wildman–Crippen MR) is 265 cm³/mol. The summed E-state index contributed by atoms with van der Waals surface area (Å²) < 4.78 is 6.67. The summed E-state index contributed by atoms with van der Waals surface area (Å²) in [5.41, 5.74) is 19.9. The Morgan fingerprint density at radius 1 is 0.323 bits per heavy atom. The van der Waals surface area contributed by atoms with Gasteiger partial charge in [-0.1, -0.05) is 194 Å². The van der Waals surface area contributed by atoms with Gasteiger partial charge >= 0.3 is 0 Å². The average Bonchev–Trinajstić information content (AvgIpc) is 3.83. The van der Waals surface area contributed by atoms with E-state index in [1.165, 1.54) is 87.7 Å². The Bertz CT molecular complexity index is 3480. The first-order valence-corrected chi connectivity index (χ1v) is 23.2. The Morgan fingerprint density at radius 3 is 1.48 bits per heavy atom. The van der Waals surface area contributed by atoms with E-state index in [1.54, 1.807) is 0 Å². The van der Waals surface area contributed by atoms with E-state index in [0.717, 1.165) is 28.6 Å². The first kappa shape index (κ1) is 36.6. The molecule has 0 atom stereocenters. The molecule has 2 aliphatic heterocycles. The van der Waals surface area contributed by atoms with Crippen LogP contribution in [0.2, 0.25) is 0 Å². The van der Waals surface area contributed by atoms with E-state index in [4.69, 9.17) is 4.74 Å². The van der Waals surface area contributed by atoms with Crippen LogP contribution in [0.1, 0.15) is 44.5 Å². The maximum absolute atomic E-state index is 6.67. The first-order valence-electron chi connectivity index (χ1n) is 22.4. The summed E-state index contributed by atoms with van der Waals surface area (Å²) in [4.78, 5) is 5.11. The molecule has 2 spiro atoms. The Balaban J connectivity index is 1.05. The van der Waals surface area contributed by atoms with Crippen molar-refractivity contribution in [1.82, 2.24) is 0 Å². The highest BCUT2D eigenvalue weighted by Gasteiger charge is 2.53. The SMILES string of the molecule is c1ccc(-c2ccc(N(c3ccc4c(c3)-c3ccccc3C43c4ccccc4Oc4ccccc43)c3cccc4c3-c3ccccc3C43c4ccccc4Sc4ccccc43)cc2)cc1. The molecule has 10 aromatic rings. The number of anilines is 3. The average molecular weight is 846 g/mol. The standard InChI is InChI=1S/C62H39NOS/c1-2-17-40(18-3-1)41-33-35-42(36-34-41)63(43-37-38-49-46(39-43)44-19-4-6-21-47(44)61(49)50-23-8-12-29-56(50)64-57-30-13-9-24-51(57)61)55-28-16-27-54-60(55)45-20-5-7-22-48(45)62(54)52-25-10-14-31-58(52)65-59-32-15-11-26-53(59)62/h1-39H. The van der Waals surface area contributed by atoms with Gasteiger partial charge in [0.15, 0.2) is 0 Å². The van der Waals surface area contributed by atoms with Gasteiger partial charge in [-0.05, 0) is 116 Å². The second-order valence-electron chi connectivity index (χ2n) is 17.5. The lowest BCUT2D eigenvalue weighted by Crippen LogP contribution is -2.32. The summed E-state index contributed by atoms with van der Waals surface area (Å²) >= 11 is 1.88. The second kappa shape index (κ2) is 13.8. The molecule has 0 radical (unpaired) electrons. The van der Waals surface area contributed by atoms with Gasteiger partial charge in [0.05, 0.1) is 16.5 Å². The van der Waals surface area contributed by atoms with Crippen LogP contribution in [0.4, 0.5) is 17.1 Å². The molecule has 0 saturated carbocycles. The zero-order chi connectivity index (χ0) is 42.7. The summed E-state index contributed by atoms with van der Waals surface area (Å²) in [5, 5.41) is 0. The quantitative estimate of drug-likeness (QED) is 0.175. The van der Waals surface area contributed by atoms with Crippen molar-refractivity contribution in [3.63, 3.8) is 0 Å². The highest BCUT2D eigenvalue weighted by molar-refractivity contribution is 7.99. The Hall–Kier alpha value is -7.85. The van der Waals surface area contributed by atoms with Crippen LogP contribution in [0.15, 0.2) is 246 Å². The van der Waals surface area contributed by atoms with Crippen LogP contribution >= 0.6 is 11.8 Å². The fourth-order valence-corrected chi connectivity index (χ4v) is 13.1. The van der Waals surface area contributed by atoms with E-state index in [2.05, 4.69) is 241 Å². The molecule has 0 saturated heterocycles. The number of rotatable bonds is 4. The van der Waals surface area contributed by atoms with E-state index in [0.29, 0.717) is 0 Å². The third-order valence-electron chi connectivity index (χ3n) is 14.4. The Morgan fingerprint density at radius 2 is 0.800 bits per heavy atom. The molecule has 0 unspecified atom stereocenters. The minimum Gasteiger partial charge on any atom is -0.457 e. The molecule has 65 heavy (non-hydrogen) atoms. The number of nitrogens with zero attached hydrogens (tertiary/aromatic N) is 1. The number of hydrogen-bond donors (Lipinski definition) is 0. The molecular formula is C62H39NOS. The van der Waals surface area contributed by atoms with Gasteiger partial charge in [-0.3, -0.25) is 0 Å². The fourth-order valence-electron chi connectivity index (χ4n) is 11.9. The Kier molecular flexibility index (Phi) is 7.79. The van der Waals surface area contributed by atoms with Crippen LogP contribution < -0.4 is 9.64 Å². The van der Waals surface area contributed by atoms with Crippen LogP contribution in [0.25, 0.3) is 33.4 Å². The number of para-hydroxylation sites is 2. The van der Waals surface area contributed by atoms with E-state index in [1.807, 2.05) is 11.8 Å². The van der Waals surface area contributed by atoms with Crippen molar-refractivity contribution in [1.29, 1.82) is 0 Å². The third-order valence-corrected chi connectivity index (χ3v) is 15.6. The van der Waals surface area contributed by atoms with E-state index >= 15 is 0 Å². The zero-order valence-corrected chi connectivity index (χ0v) is 36.1. The van der Waals surface area contributed by atoms with Gasteiger partial charge in [0, 0.05) is 37.9 Å². The largest absolute Gasteiger partial charge is 0.457 e. The minimum atomic E-state index is -0.544. The van der Waals surface area contributed by atoms with Crippen LogP contribution in [0, 0.1) is 0 Å². The van der Waals surface area contributed by atoms with E-state index in [9.17, 15) is 0 Å². The molecule has 2 nitrogen and oxygen atoms in total. The van der Waals surface area contributed by atoms with Gasteiger partial charge in [-0.15, -0.1) is 0 Å². The molecule has 2 heterocycles. The minimum absolute atomic E-state index is 0.490. The van der Waals surface area contributed by atoms with E-state index in [-0.39, 0.29) is 0 Å². The topological polar surface area (TPSA) is 12.5 Å². The molecule has 3 heteroatoms. The van der Waals surface area contributed by atoms with Crippen molar-refractivity contribution in [3.8, 4) is 44.9 Å². The highest BCUT2D eigenvalue weighted by atomic mass is 32.2. The lowest BCUT2D eigenvalue weighted by molar-refractivity contribution is 0.436. The van der Waals surface area contributed by atoms with Crippen molar-refractivity contribution in [2.45, 2.75) is 20.6 Å². The van der Waals surface area contributed by atoms with Crippen molar-refractivity contribution >= 4 is 28.8 Å². The van der Waals surface area contributed by atoms with Crippen LogP contribution in [-0.2, 0) is 10.8 Å².